The van der Waals surface area contributed by atoms with Crippen LogP contribution in [0.5, 0.6) is 0 Å². The smallest absolute Gasteiger partial charge is 0.177 e. The Labute approximate surface area is 160 Å². The molecule has 1 aromatic carbocycles. The lowest BCUT2D eigenvalue weighted by atomic mass is 9.70. The van der Waals surface area contributed by atoms with Crippen LogP contribution in [0.4, 0.5) is 4.39 Å². The van der Waals surface area contributed by atoms with Crippen LogP contribution in [0.1, 0.15) is 44.6 Å². The summed E-state index contributed by atoms with van der Waals surface area (Å²) < 4.78 is 39.4. The van der Waals surface area contributed by atoms with E-state index in [1.54, 1.807) is 12.1 Å². The van der Waals surface area contributed by atoms with E-state index in [9.17, 15) is 17.6 Å². The van der Waals surface area contributed by atoms with Gasteiger partial charge in [0.25, 0.3) is 0 Å². The lowest BCUT2D eigenvalue weighted by Crippen LogP contribution is -2.37. The number of nitrogens with one attached hydrogen (secondary N) is 1. The molecule has 0 aromatic heterocycles. The number of carbonyl (C=O) groups is 1. The molecule has 1 atom stereocenters. The van der Waals surface area contributed by atoms with Gasteiger partial charge in [-0.1, -0.05) is 19.9 Å². The summed E-state index contributed by atoms with van der Waals surface area (Å²) in [7, 11) is -3.45. The van der Waals surface area contributed by atoms with Crippen LogP contribution in [0.15, 0.2) is 44.5 Å². The lowest BCUT2D eigenvalue weighted by molar-refractivity contribution is -0.118. The zero-order valence-electron chi connectivity index (χ0n) is 14.5. The van der Waals surface area contributed by atoms with E-state index >= 15 is 0 Å². The van der Waals surface area contributed by atoms with Gasteiger partial charge in [0.15, 0.2) is 15.6 Å². The largest absolute Gasteiger partial charge is 0.361 e. The van der Waals surface area contributed by atoms with Crippen LogP contribution in [0.3, 0.4) is 0 Å². The summed E-state index contributed by atoms with van der Waals surface area (Å²) in [5.74, 6) is -1.07. The maximum absolute atomic E-state index is 13.7. The van der Waals surface area contributed by atoms with Crippen LogP contribution in [0.2, 0.25) is 0 Å². The van der Waals surface area contributed by atoms with Crippen LogP contribution in [-0.2, 0) is 14.6 Å². The number of hydrogen-bond donors (Lipinski definition) is 1. The van der Waals surface area contributed by atoms with Crippen molar-refractivity contribution in [2.75, 3.05) is 5.75 Å². The number of Topliss-reactive ketones (excluding diaryl/α,β-unsaturated/α-hetero) is 1. The van der Waals surface area contributed by atoms with Gasteiger partial charge in [0.2, 0.25) is 0 Å². The van der Waals surface area contributed by atoms with Crippen molar-refractivity contribution >= 4 is 31.6 Å². The second kappa shape index (κ2) is 5.76. The molecule has 0 bridgehead atoms. The number of rotatable bonds is 1. The summed E-state index contributed by atoms with van der Waals surface area (Å²) in [6.07, 6.45) is 1.47. The highest BCUT2D eigenvalue weighted by Gasteiger charge is 2.47. The van der Waals surface area contributed by atoms with E-state index in [1.165, 1.54) is 6.07 Å². The molecule has 7 heteroatoms. The van der Waals surface area contributed by atoms with Gasteiger partial charge in [-0.15, -0.1) is 0 Å². The molecule has 138 valence electrons. The lowest BCUT2D eigenvalue weighted by Gasteiger charge is -2.38. The molecule has 1 N–H and O–H groups in total. The summed E-state index contributed by atoms with van der Waals surface area (Å²) in [4.78, 5) is 13.3. The molecule has 0 saturated carbocycles. The predicted octanol–water partition coefficient (Wildman–Crippen LogP) is 3.95. The van der Waals surface area contributed by atoms with E-state index in [2.05, 4.69) is 21.2 Å². The number of allylic oxidation sites excluding steroid dienone is 4. The molecule has 2 heterocycles. The van der Waals surface area contributed by atoms with E-state index in [4.69, 9.17) is 0 Å². The van der Waals surface area contributed by atoms with Crippen LogP contribution >= 0.6 is 15.9 Å². The standard InChI is InChI=1S/C19H19BrFNO3S/c1-19(2)8-14-17(15(23)9-19)16(10-3-4-12(21)11(20)7-10)18-13(22-14)5-6-26(18,24)25/h3-4,7,16,22H,5-6,8-9H2,1-2H3/t16-/m1/s1. The Morgan fingerprint density at radius 3 is 2.65 bits per heavy atom. The molecule has 0 radical (unpaired) electrons. The molecule has 0 unspecified atom stereocenters. The Kier molecular flexibility index (Phi) is 3.97. The highest BCUT2D eigenvalue weighted by molar-refractivity contribution is 9.10. The topological polar surface area (TPSA) is 63.2 Å². The summed E-state index contributed by atoms with van der Waals surface area (Å²) in [6, 6.07) is 4.47. The number of sulfone groups is 1. The molecular weight excluding hydrogens is 421 g/mol. The summed E-state index contributed by atoms with van der Waals surface area (Å²) >= 11 is 3.18. The minimum atomic E-state index is -3.45. The summed E-state index contributed by atoms with van der Waals surface area (Å²) in [5.41, 5.74) is 2.46. The Balaban J connectivity index is 1.95. The number of hydrogen-bond acceptors (Lipinski definition) is 4. The predicted molar refractivity (Wildman–Crippen MR) is 100 cm³/mol. The molecule has 4 rings (SSSR count). The maximum Gasteiger partial charge on any atom is 0.177 e. The van der Waals surface area contributed by atoms with Crippen LogP contribution in [-0.4, -0.2) is 20.0 Å². The molecule has 1 aliphatic carbocycles. The molecule has 1 aromatic rings. The van der Waals surface area contributed by atoms with Gasteiger partial charge in [0, 0.05) is 29.8 Å². The van der Waals surface area contributed by atoms with Crippen molar-refractivity contribution in [2.45, 2.75) is 39.0 Å². The minimum Gasteiger partial charge on any atom is -0.361 e. The number of carbonyl (C=O) groups excluding carboxylic acids is 1. The number of ketones is 1. The summed E-state index contributed by atoms with van der Waals surface area (Å²) in [6.45, 7) is 4.07. The van der Waals surface area contributed by atoms with E-state index < -0.39 is 21.6 Å². The quantitative estimate of drug-likeness (QED) is 0.719. The zero-order valence-corrected chi connectivity index (χ0v) is 16.9. The molecule has 0 spiro atoms. The first-order chi connectivity index (χ1) is 12.1. The SMILES string of the molecule is CC1(C)CC(=O)C2=C(C1)NC1=C([C@@H]2c2ccc(F)c(Br)c2)S(=O)(=O)CC1. The Bertz CT molecular complexity index is 1010. The van der Waals surface area contributed by atoms with Crippen molar-refractivity contribution in [1.82, 2.24) is 5.32 Å². The highest BCUT2D eigenvalue weighted by Crippen LogP contribution is 2.50. The fourth-order valence-corrected chi connectivity index (χ4v) is 6.47. The average Bonchev–Trinajstić information content (AvgIpc) is 2.82. The van der Waals surface area contributed by atoms with Crippen LogP contribution in [0, 0.1) is 11.2 Å². The second-order valence-electron chi connectivity index (χ2n) is 7.98. The molecule has 26 heavy (non-hydrogen) atoms. The normalized spacial score (nSPS) is 26.5. The van der Waals surface area contributed by atoms with E-state index in [1.807, 2.05) is 13.8 Å². The third kappa shape index (κ3) is 2.76. The van der Waals surface area contributed by atoms with Gasteiger partial charge in [-0.3, -0.25) is 4.79 Å². The number of halogens is 2. The van der Waals surface area contributed by atoms with Gasteiger partial charge in [-0.2, -0.15) is 0 Å². The molecular formula is C19H19BrFNO3S. The number of benzene rings is 1. The van der Waals surface area contributed by atoms with E-state index in [-0.39, 0.29) is 26.3 Å². The van der Waals surface area contributed by atoms with Gasteiger partial charge in [0.1, 0.15) is 5.82 Å². The van der Waals surface area contributed by atoms with Gasteiger partial charge in [-0.25, -0.2) is 12.8 Å². The average molecular weight is 440 g/mol. The monoisotopic (exact) mass is 439 g/mol. The molecule has 0 fully saturated rings. The molecule has 0 saturated heterocycles. The third-order valence-electron chi connectivity index (χ3n) is 5.30. The van der Waals surface area contributed by atoms with Gasteiger partial charge in [0.05, 0.1) is 21.0 Å². The van der Waals surface area contributed by atoms with Gasteiger partial charge < -0.3 is 5.32 Å². The van der Waals surface area contributed by atoms with Crippen molar-refractivity contribution in [3.63, 3.8) is 0 Å². The fraction of sp³-hybridized carbons (Fsp3) is 0.421. The molecule has 2 aliphatic heterocycles. The molecule has 3 aliphatic rings. The maximum atomic E-state index is 13.7. The van der Waals surface area contributed by atoms with Crippen molar-refractivity contribution in [1.29, 1.82) is 0 Å². The minimum absolute atomic E-state index is 0.0390. The zero-order chi connectivity index (χ0) is 18.9. The molecule has 4 nitrogen and oxygen atoms in total. The molecule has 0 amide bonds. The van der Waals surface area contributed by atoms with Crippen molar-refractivity contribution in [3.8, 4) is 0 Å². The first-order valence-electron chi connectivity index (χ1n) is 8.53. The number of dihydropyridines is 1. The highest BCUT2D eigenvalue weighted by atomic mass is 79.9. The Hall–Kier alpha value is -1.47. The first kappa shape index (κ1) is 17.9. The Morgan fingerprint density at radius 1 is 1.23 bits per heavy atom. The second-order valence-corrected chi connectivity index (χ2v) is 10.9. The third-order valence-corrected chi connectivity index (χ3v) is 7.80. The van der Waals surface area contributed by atoms with Crippen LogP contribution in [0.25, 0.3) is 0 Å². The van der Waals surface area contributed by atoms with Crippen molar-refractivity contribution < 1.29 is 17.6 Å². The van der Waals surface area contributed by atoms with Gasteiger partial charge >= 0.3 is 0 Å². The van der Waals surface area contributed by atoms with Crippen molar-refractivity contribution in [3.05, 3.63) is 55.9 Å². The van der Waals surface area contributed by atoms with Crippen molar-refractivity contribution in [2.24, 2.45) is 5.41 Å². The van der Waals surface area contributed by atoms with E-state index in [0.717, 1.165) is 5.70 Å². The Morgan fingerprint density at radius 2 is 1.96 bits per heavy atom. The first-order valence-corrected chi connectivity index (χ1v) is 11.0. The fourth-order valence-electron chi connectivity index (χ4n) is 4.24. The van der Waals surface area contributed by atoms with Gasteiger partial charge in [-0.05, 0) is 45.5 Å². The van der Waals surface area contributed by atoms with E-state index in [0.29, 0.717) is 36.1 Å². The van der Waals surface area contributed by atoms with Crippen LogP contribution < -0.4 is 5.32 Å². The summed E-state index contributed by atoms with van der Waals surface area (Å²) in [5, 5.41) is 3.26.